The van der Waals surface area contributed by atoms with Gasteiger partial charge in [-0.2, -0.15) is 0 Å². The summed E-state index contributed by atoms with van der Waals surface area (Å²) in [5, 5.41) is 0. The van der Waals surface area contributed by atoms with Crippen molar-refractivity contribution < 1.29 is 8.81 Å². The molecule has 2 nitrogen and oxygen atoms in total. The van der Waals surface area contributed by atoms with Crippen LogP contribution < -0.4 is 0 Å². The predicted molar refractivity (Wildman–Crippen MR) is 51.4 cm³/mol. The maximum absolute atomic E-state index is 13.3. The van der Waals surface area contributed by atoms with E-state index < -0.39 is 0 Å². The van der Waals surface area contributed by atoms with E-state index in [1.54, 1.807) is 18.3 Å². The fourth-order valence-corrected chi connectivity index (χ4v) is 1.26. The number of hydrogen-bond donors (Lipinski definition) is 0. The minimum atomic E-state index is -0.360. The molecule has 0 bridgehead atoms. The lowest BCUT2D eigenvalue weighted by molar-refractivity contribution is 0.535. The van der Waals surface area contributed by atoms with Gasteiger partial charge < -0.3 is 4.42 Å². The van der Waals surface area contributed by atoms with Crippen molar-refractivity contribution in [3.05, 3.63) is 41.5 Å². The summed E-state index contributed by atoms with van der Waals surface area (Å²) < 4.78 is 18.7. The average molecular weight is 191 g/mol. The Morgan fingerprint density at radius 1 is 1.36 bits per heavy atom. The van der Waals surface area contributed by atoms with Crippen LogP contribution in [0.15, 0.2) is 28.8 Å². The molecular weight excluding hydrogens is 181 g/mol. The zero-order valence-corrected chi connectivity index (χ0v) is 8.04. The SMILES string of the molecule is Cc1cc(-c2ncccc2F)oc1C. The van der Waals surface area contributed by atoms with Crippen LogP contribution in [-0.2, 0) is 0 Å². The molecule has 0 saturated heterocycles. The number of aryl methyl sites for hydroxylation is 2. The summed E-state index contributed by atoms with van der Waals surface area (Å²) in [7, 11) is 0. The molecule has 2 aromatic heterocycles. The standard InChI is InChI=1S/C11H10FNO/c1-7-6-10(14-8(7)2)11-9(12)4-3-5-13-11/h3-6H,1-2H3. The van der Waals surface area contributed by atoms with E-state index in [2.05, 4.69) is 4.98 Å². The summed E-state index contributed by atoms with van der Waals surface area (Å²) >= 11 is 0. The molecule has 0 radical (unpaired) electrons. The van der Waals surface area contributed by atoms with Crippen molar-refractivity contribution in [2.45, 2.75) is 13.8 Å². The highest BCUT2D eigenvalue weighted by Gasteiger charge is 2.11. The Bertz CT molecular complexity index is 443. The van der Waals surface area contributed by atoms with E-state index in [0.717, 1.165) is 11.3 Å². The molecule has 0 spiro atoms. The van der Waals surface area contributed by atoms with Gasteiger partial charge >= 0.3 is 0 Å². The first-order chi connectivity index (χ1) is 6.68. The largest absolute Gasteiger partial charge is 0.459 e. The summed E-state index contributed by atoms with van der Waals surface area (Å²) in [6, 6.07) is 4.72. The molecule has 0 atom stereocenters. The topological polar surface area (TPSA) is 26.0 Å². The molecule has 2 aromatic rings. The van der Waals surface area contributed by atoms with E-state index >= 15 is 0 Å². The lowest BCUT2D eigenvalue weighted by Crippen LogP contribution is -1.85. The van der Waals surface area contributed by atoms with Gasteiger partial charge in [0.05, 0.1) is 0 Å². The van der Waals surface area contributed by atoms with Gasteiger partial charge in [0.25, 0.3) is 0 Å². The van der Waals surface area contributed by atoms with Gasteiger partial charge in [0, 0.05) is 6.20 Å². The van der Waals surface area contributed by atoms with E-state index in [1.165, 1.54) is 6.07 Å². The monoisotopic (exact) mass is 191 g/mol. The Balaban J connectivity index is 2.55. The summed E-state index contributed by atoms with van der Waals surface area (Å²) in [5.41, 5.74) is 1.27. The van der Waals surface area contributed by atoms with Gasteiger partial charge in [-0.3, -0.25) is 0 Å². The Morgan fingerprint density at radius 2 is 2.14 bits per heavy atom. The van der Waals surface area contributed by atoms with Crippen molar-refractivity contribution in [1.82, 2.24) is 4.98 Å². The van der Waals surface area contributed by atoms with Gasteiger partial charge in [-0.25, -0.2) is 9.37 Å². The fourth-order valence-electron chi connectivity index (χ4n) is 1.26. The molecular formula is C11H10FNO. The maximum atomic E-state index is 13.3. The zero-order chi connectivity index (χ0) is 10.1. The molecule has 0 aliphatic heterocycles. The quantitative estimate of drug-likeness (QED) is 0.692. The van der Waals surface area contributed by atoms with Crippen molar-refractivity contribution in [1.29, 1.82) is 0 Å². The van der Waals surface area contributed by atoms with Crippen molar-refractivity contribution in [3.8, 4) is 11.5 Å². The number of hydrogen-bond acceptors (Lipinski definition) is 2. The van der Waals surface area contributed by atoms with E-state index in [-0.39, 0.29) is 11.5 Å². The van der Waals surface area contributed by atoms with Gasteiger partial charge in [-0.05, 0) is 37.6 Å². The fraction of sp³-hybridized carbons (Fsp3) is 0.182. The van der Waals surface area contributed by atoms with Crippen LogP contribution in [0.3, 0.4) is 0 Å². The summed E-state index contributed by atoms with van der Waals surface area (Å²) in [6.45, 7) is 3.77. The summed E-state index contributed by atoms with van der Waals surface area (Å²) in [5.74, 6) is 0.921. The normalized spacial score (nSPS) is 10.5. The van der Waals surface area contributed by atoms with Crippen LogP contribution >= 0.6 is 0 Å². The number of pyridine rings is 1. The van der Waals surface area contributed by atoms with Gasteiger partial charge in [0.1, 0.15) is 11.5 Å². The van der Waals surface area contributed by atoms with Gasteiger partial charge in [-0.15, -0.1) is 0 Å². The van der Waals surface area contributed by atoms with Crippen LogP contribution in [-0.4, -0.2) is 4.98 Å². The molecule has 0 aliphatic rings. The number of nitrogens with zero attached hydrogens (tertiary/aromatic N) is 1. The third-order valence-electron chi connectivity index (χ3n) is 2.16. The molecule has 0 fully saturated rings. The first-order valence-electron chi connectivity index (χ1n) is 4.36. The van der Waals surface area contributed by atoms with Crippen molar-refractivity contribution in [2.75, 3.05) is 0 Å². The predicted octanol–water partition coefficient (Wildman–Crippen LogP) is 3.10. The van der Waals surface area contributed by atoms with E-state index in [9.17, 15) is 4.39 Å². The molecule has 0 aliphatic carbocycles. The Morgan fingerprint density at radius 3 is 2.71 bits per heavy atom. The summed E-state index contributed by atoms with van der Waals surface area (Å²) in [4.78, 5) is 3.93. The Hall–Kier alpha value is -1.64. The highest BCUT2D eigenvalue weighted by Crippen LogP contribution is 2.24. The van der Waals surface area contributed by atoms with Gasteiger partial charge in [-0.1, -0.05) is 0 Å². The third kappa shape index (κ3) is 1.41. The highest BCUT2D eigenvalue weighted by atomic mass is 19.1. The minimum Gasteiger partial charge on any atom is -0.459 e. The molecule has 3 heteroatoms. The minimum absolute atomic E-state index is 0.267. The van der Waals surface area contributed by atoms with E-state index in [0.29, 0.717) is 5.76 Å². The Kier molecular flexibility index (Phi) is 2.08. The van der Waals surface area contributed by atoms with Crippen molar-refractivity contribution in [3.63, 3.8) is 0 Å². The van der Waals surface area contributed by atoms with Crippen LogP contribution in [0.4, 0.5) is 4.39 Å². The van der Waals surface area contributed by atoms with Crippen LogP contribution in [0.2, 0.25) is 0 Å². The second kappa shape index (κ2) is 3.25. The van der Waals surface area contributed by atoms with E-state index in [4.69, 9.17) is 4.42 Å². The second-order valence-electron chi connectivity index (χ2n) is 3.18. The molecule has 0 N–H and O–H groups in total. The lowest BCUT2D eigenvalue weighted by atomic mass is 10.2. The average Bonchev–Trinajstić information content (AvgIpc) is 2.48. The first kappa shape index (κ1) is 8.94. The highest BCUT2D eigenvalue weighted by molar-refractivity contribution is 5.54. The number of rotatable bonds is 1. The molecule has 72 valence electrons. The lowest BCUT2D eigenvalue weighted by Gasteiger charge is -1.96. The third-order valence-corrected chi connectivity index (χ3v) is 2.16. The zero-order valence-electron chi connectivity index (χ0n) is 8.04. The van der Waals surface area contributed by atoms with Crippen LogP contribution in [0.1, 0.15) is 11.3 Å². The van der Waals surface area contributed by atoms with Gasteiger partial charge in [0.2, 0.25) is 0 Å². The second-order valence-corrected chi connectivity index (χ2v) is 3.18. The Labute approximate surface area is 81.4 Å². The first-order valence-corrected chi connectivity index (χ1v) is 4.36. The van der Waals surface area contributed by atoms with Crippen molar-refractivity contribution >= 4 is 0 Å². The maximum Gasteiger partial charge on any atom is 0.155 e. The molecule has 0 amide bonds. The molecule has 0 saturated carbocycles. The van der Waals surface area contributed by atoms with Crippen LogP contribution in [0.25, 0.3) is 11.5 Å². The number of furan rings is 1. The molecule has 0 aromatic carbocycles. The number of aromatic nitrogens is 1. The molecule has 14 heavy (non-hydrogen) atoms. The van der Waals surface area contributed by atoms with Gasteiger partial charge in [0.15, 0.2) is 11.6 Å². The smallest absolute Gasteiger partial charge is 0.155 e. The summed E-state index contributed by atoms with van der Waals surface area (Å²) in [6.07, 6.45) is 1.55. The van der Waals surface area contributed by atoms with Crippen molar-refractivity contribution in [2.24, 2.45) is 0 Å². The van der Waals surface area contributed by atoms with Crippen LogP contribution in [0, 0.1) is 19.7 Å². The molecule has 0 unspecified atom stereocenters. The molecule has 2 heterocycles. The van der Waals surface area contributed by atoms with Crippen LogP contribution in [0.5, 0.6) is 0 Å². The number of halogens is 1. The van der Waals surface area contributed by atoms with E-state index in [1.807, 2.05) is 13.8 Å². The molecule has 2 rings (SSSR count).